The number of fused-ring (bicyclic) bond motifs is 1. The number of rotatable bonds is 6. The maximum atomic E-state index is 12.2. The van der Waals surface area contributed by atoms with E-state index in [0.717, 1.165) is 11.1 Å². The summed E-state index contributed by atoms with van der Waals surface area (Å²) in [4.78, 5) is 30.5. The number of aromatic nitrogens is 1. The maximum absolute atomic E-state index is 12.2. The Morgan fingerprint density at radius 2 is 2.10 bits per heavy atom. The zero-order valence-electron chi connectivity index (χ0n) is 16.4. The summed E-state index contributed by atoms with van der Waals surface area (Å²) in [5.41, 5.74) is 3.06. The highest BCUT2D eigenvalue weighted by atomic mass is 35.5. The lowest BCUT2D eigenvalue weighted by atomic mass is 10.1. The van der Waals surface area contributed by atoms with Gasteiger partial charge in [-0.25, -0.2) is 4.98 Å². The first kappa shape index (κ1) is 20.8. The van der Waals surface area contributed by atoms with E-state index in [-0.39, 0.29) is 18.4 Å². The van der Waals surface area contributed by atoms with Gasteiger partial charge >= 0.3 is 0 Å². The van der Waals surface area contributed by atoms with Crippen molar-refractivity contribution in [3.63, 3.8) is 0 Å². The second kappa shape index (κ2) is 9.16. The summed E-state index contributed by atoms with van der Waals surface area (Å²) in [6, 6.07) is 12.7. The number of hydrogen-bond donors (Lipinski definition) is 1. The van der Waals surface area contributed by atoms with E-state index in [2.05, 4.69) is 16.9 Å². The van der Waals surface area contributed by atoms with Crippen molar-refractivity contribution < 1.29 is 14.3 Å². The van der Waals surface area contributed by atoms with E-state index in [4.69, 9.17) is 16.3 Å². The molecule has 1 aliphatic heterocycles. The lowest BCUT2D eigenvalue weighted by Crippen LogP contribution is -2.38. The van der Waals surface area contributed by atoms with Crippen molar-refractivity contribution >= 4 is 51.6 Å². The van der Waals surface area contributed by atoms with Crippen LogP contribution in [0.2, 0.25) is 5.02 Å². The number of halogens is 1. The molecule has 2 heterocycles. The van der Waals surface area contributed by atoms with Gasteiger partial charge in [-0.15, -0.1) is 17.9 Å². The minimum absolute atomic E-state index is 0.0105. The van der Waals surface area contributed by atoms with Gasteiger partial charge < -0.3 is 9.64 Å². The Morgan fingerprint density at radius 3 is 2.87 bits per heavy atom. The number of hydrogen-bond acceptors (Lipinski definition) is 5. The molecule has 1 N–H and O–H groups in total. The number of benzene rings is 2. The van der Waals surface area contributed by atoms with E-state index in [1.54, 1.807) is 29.2 Å². The number of thiazole rings is 1. The van der Waals surface area contributed by atoms with Crippen molar-refractivity contribution in [2.75, 3.05) is 23.4 Å². The molecule has 8 heteroatoms. The van der Waals surface area contributed by atoms with Crippen molar-refractivity contribution in [1.29, 1.82) is 0 Å². The minimum Gasteiger partial charge on any atom is -0.482 e. The van der Waals surface area contributed by atoms with Crippen molar-refractivity contribution in [3.8, 4) is 17.0 Å². The van der Waals surface area contributed by atoms with Gasteiger partial charge in [0.2, 0.25) is 5.91 Å². The van der Waals surface area contributed by atoms with E-state index in [1.165, 1.54) is 17.4 Å². The van der Waals surface area contributed by atoms with Gasteiger partial charge in [0.05, 0.1) is 11.4 Å². The quantitative estimate of drug-likeness (QED) is 0.421. The molecule has 1 aliphatic rings. The van der Waals surface area contributed by atoms with Crippen molar-refractivity contribution in [1.82, 2.24) is 4.98 Å². The standard InChI is InChI=1S/C23H18ClN3O3S/c1-2-11-27-19-12-16(6-9-20(19)30-13-22(27)29)18-14-31-23(25-18)26-21(28)10-5-15-3-7-17(24)8-4-15/h2-10,12,14H,1,11,13H2,(H,25,26,28)/b10-5+. The molecule has 0 bridgehead atoms. The summed E-state index contributed by atoms with van der Waals surface area (Å²) < 4.78 is 5.52. The number of ether oxygens (including phenoxy) is 1. The highest BCUT2D eigenvalue weighted by Crippen LogP contribution is 2.36. The zero-order valence-corrected chi connectivity index (χ0v) is 17.9. The normalized spacial score (nSPS) is 13.1. The molecular formula is C23H18ClN3O3S. The van der Waals surface area contributed by atoms with Gasteiger partial charge in [-0.3, -0.25) is 14.9 Å². The molecule has 1 aromatic heterocycles. The van der Waals surface area contributed by atoms with Crippen molar-refractivity contribution in [2.45, 2.75) is 0 Å². The van der Waals surface area contributed by atoms with Gasteiger partial charge in [-0.1, -0.05) is 29.8 Å². The number of nitrogens with zero attached hydrogens (tertiary/aromatic N) is 2. The van der Waals surface area contributed by atoms with Crippen LogP contribution in [0.15, 0.2) is 66.6 Å². The average molecular weight is 452 g/mol. The molecule has 156 valence electrons. The third kappa shape index (κ3) is 4.84. The van der Waals surface area contributed by atoms with Crippen LogP contribution >= 0.6 is 22.9 Å². The summed E-state index contributed by atoms with van der Waals surface area (Å²) in [6.45, 7) is 4.13. The van der Waals surface area contributed by atoms with E-state index < -0.39 is 0 Å². The maximum Gasteiger partial charge on any atom is 0.265 e. The SMILES string of the molecule is C=CCN1C(=O)COc2ccc(-c3csc(NC(=O)/C=C/c4ccc(Cl)cc4)n3)cc21. The average Bonchev–Trinajstić information content (AvgIpc) is 3.23. The van der Waals surface area contributed by atoms with E-state index in [9.17, 15) is 9.59 Å². The monoisotopic (exact) mass is 451 g/mol. The highest BCUT2D eigenvalue weighted by Gasteiger charge is 2.25. The Bertz CT molecular complexity index is 1170. The molecule has 0 atom stereocenters. The van der Waals surface area contributed by atoms with Crippen LogP contribution < -0.4 is 15.0 Å². The molecule has 2 amide bonds. The minimum atomic E-state index is -0.280. The van der Waals surface area contributed by atoms with Gasteiger partial charge in [0.1, 0.15) is 5.75 Å². The molecule has 6 nitrogen and oxygen atoms in total. The zero-order chi connectivity index (χ0) is 21.8. The summed E-state index contributed by atoms with van der Waals surface area (Å²) in [6.07, 6.45) is 4.82. The molecule has 31 heavy (non-hydrogen) atoms. The van der Waals surface area contributed by atoms with Gasteiger partial charge in [0, 0.05) is 28.6 Å². The highest BCUT2D eigenvalue weighted by molar-refractivity contribution is 7.14. The van der Waals surface area contributed by atoms with Gasteiger partial charge in [-0.2, -0.15) is 0 Å². The fourth-order valence-electron chi connectivity index (χ4n) is 3.05. The number of nitrogens with one attached hydrogen (secondary N) is 1. The number of anilines is 2. The summed E-state index contributed by atoms with van der Waals surface area (Å²) in [5.74, 6) is 0.238. The van der Waals surface area contributed by atoms with Crippen LogP contribution in [0.5, 0.6) is 5.75 Å². The van der Waals surface area contributed by atoms with Crippen LogP contribution in [0.25, 0.3) is 17.3 Å². The molecule has 4 rings (SSSR count). The number of carbonyl (C=O) groups is 2. The molecule has 2 aromatic carbocycles. The fraction of sp³-hybridized carbons (Fsp3) is 0.0870. The first-order valence-electron chi connectivity index (χ1n) is 9.42. The Kier molecular flexibility index (Phi) is 6.16. The van der Waals surface area contributed by atoms with E-state index >= 15 is 0 Å². The molecular weight excluding hydrogens is 434 g/mol. The van der Waals surface area contributed by atoms with Gasteiger partial charge in [-0.05, 0) is 42.0 Å². The molecule has 0 unspecified atom stereocenters. The van der Waals surface area contributed by atoms with Crippen LogP contribution in [0.4, 0.5) is 10.8 Å². The molecule has 0 saturated heterocycles. The van der Waals surface area contributed by atoms with Crippen LogP contribution in [0, 0.1) is 0 Å². The van der Waals surface area contributed by atoms with Gasteiger partial charge in [0.15, 0.2) is 11.7 Å². The smallest absolute Gasteiger partial charge is 0.265 e. The van der Waals surface area contributed by atoms with Crippen molar-refractivity contribution in [2.24, 2.45) is 0 Å². The van der Waals surface area contributed by atoms with Crippen LogP contribution in [0.3, 0.4) is 0 Å². The molecule has 0 fully saturated rings. The second-order valence-corrected chi connectivity index (χ2v) is 7.97. The lowest BCUT2D eigenvalue weighted by Gasteiger charge is -2.28. The third-order valence-electron chi connectivity index (χ3n) is 4.54. The van der Waals surface area contributed by atoms with Crippen LogP contribution in [-0.2, 0) is 9.59 Å². The molecule has 0 spiro atoms. The van der Waals surface area contributed by atoms with Crippen molar-refractivity contribution in [3.05, 3.63) is 77.2 Å². The second-order valence-electron chi connectivity index (χ2n) is 6.68. The Hall–Kier alpha value is -3.42. The molecule has 0 saturated carbocycles. The molecule has 0 radical (unpaired) electrons. The predicted molar refractivity (Wildman–Crippen MR) is 125 cm³/mol. The molecule has 3 aromatic rings. The predicted octanol–water partition coefficient (Wildman–Crippen LogP) is 5.03. The third-order valence-corrected chi connectivity index (χ3v) is 5.55. The number of amides is 2. The fourth-order valence-corrected chi connectivity index (χ4v) is 3.90. The van der Waals surface area contributed by atoms with E-state index in [1.807, 2.05) is 35.7 Å². The first-order chi connectivity index (χ1) is 15.0. The summed E-state index contributed by atoms with van der Waals surface area (Å²) in [7, 11) is 0. The largest absolute Gasteiger partial charge is 0.482 e. The topological polar surface area (TPSA) is 71.5 Å². The van der Waals surface area contributed by atoms with Crippen LogP contribution in [-0.4, -0.2) is 29.9 Å². The van der Waals surface area contributed by atoms with Crippen LogP contribution in [0.1, 0.15) is 5.56 Å². The summed E-state index contributed by atoms with van der Waals surface area (Å²) >= 11 is 7.19. The van der Waals surface area contributed by atoms with Gasteiger partial charge in [0.25, 0.3) is 5.91 Å². The Labute approximate surface area is 188 Å². The van der Waals surface area contributed by atoms with E-state index in [0.29, 0.717) is 33.8 Å². The Morgan fingerprint density at radius 1 is 1.29 bits per heavy atom. The molecule has 0 aliphatic carbocycles. The number of carbonyl (C=O) groups excluding carboxylic acids is 2. The summed E-state index contributed by atoms with van der Waals surface area (Å²) in [5, 5.41) is 5.74. The first-order valence-corrected chi connectivity index (χ1v) is 10.7. The Balaban J connectivity index is 1.48. The lowest BCUT2D eigenvalue weighted by molar-refractivity contribution is -0.121.